The first-order chi connectivity index (χ1) is 14.7. The Morgan fingerprint density at radius 2 is 1.65 bits per heavy atom. The van der Waals surface area contributed by atoms with Gasteiger partial charge in [0.2, 0.25) is 0 Å². The number of ether oxygens (including phenoxy) is 1. The third-order valence-corrected chi connectivity index (χ3v) is 5.29. The van der Waals surface area contributed by atoms with Crippen LogP contribution in [-0.2, 0) is 16.0 Å². The molecule has 0 fully saturated rings. The highest BCUT2D eigenvalue weighted by atomic mass is 16.5. The molecule has 3 rings (SSSR count). The zero-order valence-corrected chi connectivity index (χ0v) is 18.9. The van der Waals surface area contributed by atoms with Gasteiger partial charge in [-0.1, -0.05) is 45.0 Å². The number of rotatable bonds is 8. The molecule has 0 spiro atoms. The quantitative estimate of drug-likeness (QED) is 0.607. The lowest BCUT2D eigenvalue weighted by atomic mass is 9.91. The summed E-state index contributed by atoms with van der Waals surface area (Å²) < 4.78 is 5.70. The number of anilines is 1. The maximum Gasteiger partial charge on any atom is 0.294 e. The van der Waals surface area contributed by atoms with Crippen LogP contribution in [0.4, 0.5) is 5.69 Å². The van der Waals surface area contributed by atoms with Gasteiger partial charge in [0.25, 0.3) is 5.91 Å². The van der Waals surface area contributed by atoms with Gasteiger partial charge in [-0.25, -0.2) is 0 Å². The standard InChI is InChI=1S/C26H31NO4/c1-6-18-7-9-19(10-8-18)24-23(22(28)15-16(2)3)25(29)26(30)27(24)20-11-13-21(14-12-20)31-17(4)5/h7-14,16-17,24,29H,6,15H2,1-5H3. The van der Waals surface area contributed by atoms with Gasteiger partial charge in [-0.3, -0.25) is 14.5 Å². The van der Waals surface area contributed by atoms with Crippen LogP contribution in [0, 0.1) is 5.92 Å². The number of amides is 1. The smallest absolute Gasteiger partial charge is 0.294 e. The third-order valence-electron chi connectivity index (χ3n) is 5.29. The topological polar surface area (TPSA) is 66.8 Å². The molecule has 0 saturated carbocycles. The number of hydrogen-bond donors (Lipinski definition) is 1. The minimum Gasteiger partial charge on any atom is -0.503 e. The van der Waals surface area contributed by atoms with Gasteiger partial charge in [0.15, 0.2) is 11.5 Å². The number of aliphatic hydroxyl groups is 1. The van der Waals surface area contributed by atoms with E-state index in [9.17, 15) is 14.7 Å². The number of carbonyl (C=O) groups is 2. The predicted molar refractivity (Wildman–Crippen MR) is 122 cm³/mol. The van der Waals surface area contributed by atoms with Crippen molar-refractivity contribution >= 4 is 17.4 Å². The van der Waals surface area contributed by atoms with Crippen molar-refractivity contribution < 1.29 is 19.4 Å². The van der Waals surface area contributed by atoms with Crippen molar-refractivity contribution in [2.75, 3.05) is 4.90 Å². The van der Waals surface area contributed by atoms with E-state index in [4.69, 9.17) is 4.74 Å². The fraction of sp³-hybridized carbons (Fsp3) is 0.385. The molecule has 0 radical (unpaired) electrons. The Kier molecular flexibility index (Phi) is 6.84. The monoisotopic (exact) mass is 421 g/mol. The molecule has 2 aromatic rings. The van der Waals surface area contributed by atoms with E-state index < -0.39 is 17.7 Å². The molecule has 1 aliphatic heterocycles. The summed E-state index contributed by atoms with van der Waals surface area (Å²) in [6, 6.07) is 14.4. The maximum absolute atomic E-state index is 13.1. The molecule has 1 amide bonds. The van der Waals surface area contributed by atoms with Gasteiger partial charge in [-0.05, 0) is 61.6 Å². The number of Topliss-reactive ketones (excluding diaryl/α,β-unsaturated/α-hetero) is 1. The minimum absolute atomic E-state index is 0.0371. The number of carbonyl (C=O) groups excluding carboxylic acids is 2. The molecule has 1 atom stereocenters. The van der Waals surface area contributed by atoms with Crippen LogP contribution in [0.1, 0.15) is 58.2 Å². The zero-order valence-electron chi connectivity index (χ0n) is 18.9. The zero-order chi connectivity index (χ0) is 22.7. The minimum atomic E-state index is -0.665. The Labute approximate surface area is 184 Å². The molecule has 0 bridgehead atoms. The van der Waals surface area contributed by atoms with Crippen LogP contribution in [0.15, 0.2) is 59.9 Å². The summed E-state index contributed by atoms with van der Waals surface area (Å²) >= 11 is 0. The summed E-state index contributed by atoms with van der Waals surface area (Å²) in [4.78, 5) is 27.7. The molecule has 1 aliphatic rings. The average Bonchev–Trinajstić information content (AvgIpc) is 2.99. The fourth-order valence-corrected chi connectivity index (χ4v) is 3.85. The Balaban J connectivity index is 2.06. The Morgan fingerprint density at radius 1 is 1.03 bits per heavy atom. The number of nitrogens with zero attached hydrogens (tertiary/aromatic N) is 1. The van der Waals surface area contributed by atoms with E-state index in [-0.39, 0.29) is 29.8 Å². The van der Waals surface area contributed by atoms with E-state index in [0.717, 1.165) is 17.5 Å². The lowest BCUT2D eigenvalue weighted by Crippen LogP contribution is -2.31. The molecule has 2 aromatic carbocycles. The summed E-state index contributed by atoms with van der Waals surface area (Å²) in [6.07, 6.45) is 1.20. The van der Waals surface area contributed by atoms with Crippen molar-refractivity contribution in [1.82, 2.24) is 0 Å². The van der Waals surface area contributed by atoms with Gasteiger partial charge in [0.1, 0.15) is 5.75 Å². The molecule has 1 unspecified atom stereocenters. The highest BCUT2D eigenvalue weighted by molar-refractivity contribution is 6.16. The normalized spacial score (nSPS) is 16.5. The summed E-state index contributed by atoms with van der Waals surface area (Å²) in [6.45, 7) is 9.86. The third kappa shape index (κ3) is 4.82. The van der Waals surface area contributed by atoms with Crippen molar-refractivity contribution in [2.45, 2.75) is 59.6 Å². The van der Waals surface area contributed by atoms with Crippen LogP contribution in [0.5, 0.6) is 5.75 Å². The Hall–Kier alpha value is -3.08. The molecular formula is C26H31NO4. The van der Waals surface area contributed by atoms with Crippen molar-refractivity contribution in [1.29, 1.82) is 0 Å². The van der Waals surface area contributed by atoms with Crippen LogP contribution in [0.2, 0.25) is 0 Å². The van der Waals surface area contributed by atoms with Crippen LogP contribution in [0.25, 0.3) is 0 Å². The molecule has 31 heavy (non-hydrogen) atoms. The first kappa shape index (κ1) is 22.6. The van der Waals surface area contributed by atoms with Gasteiger partial charge < -0.3 is 9.84 Å². The van der Waals surface area contributed by atoms with E-state index in [1.165, 1.54) is 4.90 Å². The van der Waals surface area contributed by atoms with E-state index >= 15 is 0 Å². The summed E-state index contributed by atoms with van der Waals surface area (Å²) in [5.74, 6) is -0.408. The van der Waals surface area contributed by atoms with Crippen LogP contribution >= 0.6 is 0 Å². The molecular weight excluding hydrogens is 390 g/mol. The lowest BCUT2D eigenvalue weighted by Gasteiger charge is -2.27. The van der Waals surface area contributed by atoms with Crippen LogP contribution < -0.4 is 9.64 Å². The molecule has 1 N–H and O–H groups in total. The Bertz CT molecular complexity index is 971. The largest absolute Gasteiger partial charge is 0.503 e. The second-order valence-corrected chi connectivity index (χ2v) is 8.62. The number of aliphatic hydroxyl groups excluding tert-OH is 1. The van der Waals surface area contributed by atoms with Gasteiger partial charge >= 0.3 is 0 Å². The lowest BCUT2D eigenvalue weighted by molar-refractivity contribution is -0.118. The maximum atomic E-state index is 13.1. The molecule has 5 heteroatoms. The summed E-state index contributed by atoms with van der Waals surface area (Å²) in [5.41, 5.74) is 2.73. The van der Waals surface area contributed by atoms with Gasteiger partial charge in [0.05, 0.1) is 17.7 Å². The first-order valence-corrected chi connectivity index (χ1v) is 10.9. The molecule has 1 heterocycles. The highest BCUT2D eigenvalue weighted by Crippen LogP contribution is 2.42. The van der Waals surface area contributed by atoms with Gasteiger partial charge in [0, 0.05) is 12.1 Å². The van der Waals surface area contributed by atoms with E-state index in [1.54, 1.807) is 24.3 Å². The first-order valence-electron chi connectivity index (χ1n) is 10.9. The number of hydrogen-bond acceptors (Lipinski definition) is 4. The average molecular weight is 422 g/mol. The fourth-order valence-electron chi connectivity index (χ4n) is 3.85. The second kappa shape index (κ2) is 9.38. The number of aryl methyl sites for hydroxylation is 1. The molecule has 0 saturated heterocycles. The molecule has 0 aromatic heterocycles. The van der Waals surface area contributed by atoms with E-state index in [0.29, 0.717) is 11.4 Å². The van der Waals surface area contributed by atoms with Crippen LogP contribution in [0.3, 0.4) is 0 Å². The highest BCUT2D eigenvalue weighted by Gasteiger charge is 2.44. The van der Waals surface area contributed by atoms with Crippen molar-refractivity contribution in [3.05, 3.63) is 71.0 Å². The van der Waals surface area contributed by atoms with E-state index in [2.05, 4.69) is 6.92 Å². The van der Waals surface area contributed by atoms with Gasteiger partial charge in [-0.2, -0.15) is 0 Å². The van der Waals surface area contributed by atoms with Gasteiger partial charge in [-0.15, -0.1) is 0 Å². The van der Waals surface area contributed by atoms with Crippen molar-refractivity contribution in [3.63, 3.8) is 0 Å². The summed E-state index contributed by atoms with van der Waals surface area (Å²) in [7, 11) is 0. The molecule has 0 aliphatic carbocycles. The van der Waals surface area contributed by atoms with Crippen molar-refractivity contribution in [2.24, 2.45) is 5.92 Å². The Morgan fingerprint density at radius 3 is 2.16 bits per heavy atom. The van der Waals surface area contributed by atoms with E-state index in [1.807, 2.05) is 52.0 Å². The molecule has 164 valence electrons. The summed E-state index contributed by atoms with van der Waals surface area (Å²) in [5, 5.41) is 10.7. The van der Waals surface area contributed by atoms with Crippen molar-refractivity contribution in [3.8, 4) is 5.75 Å². The SMILES string of the molecule is CCc1ccc(C2C(C(=O)CC(C)C)=C(O)C(=O)N2c2ccc(OC(C)C)cc2)cc1. The predicted octanol–water partition coefficient (Wildman–Crippen LogP) is 5.55. The second-order valence-electron chi connectivity index (χ2n) is 8.62. The number of benzene rings is 2. The van der Waals surface area contributed by atoms with Crippen LogP contribution in [-0.4, -0.2) is 22.9 Å². The molecule has 5 nitrogen and oxygen atoms in total. The number of ketones is 1.